The Morgan fingerprint density at radius 2 is 1.90 bits per heavy atom. The van der Waals surface area contributed by atoms with Gasteiger partial charge in [-0.05, 0) is 43.7 Å². The average molecular weight is 287 g/mol. The predicted octanol–water partition coefficient (Wildman–Crippen LogP) is 4.70. The van der Waals surface area contributed by atoms with Crippen molar-refractivity contribution in [3.63, 3.8) is 0 Å². The first-order valence-electron chi connectivity index (χ1n) is 8.77. The zero-order valence-corrected chi connectivity index (χ0v) is 13.5. The molecule has 3 rings (SSSR count). The molecular weight excluding hydrogens is 258 g/mol. The van der Waals surface area contributed by atoms with Gasteiger partial charge in [0.25, 0.3) is 0 Å². The summed E-state index contributed by atoms with van der Waals surface area (Å²) in [6, 6.07) is 9.07. The second kappa shape index (κ2) is 6.83. The molecule has 116 valence electrons. The van der Waals surface area contributed by atoms with E-state index in [4.69, 9.17) is 4.74 Å². The number of para-hydroxylation sites is 1. The molecule has 2 aliphatic rings. The minimum Gasteiger partial charge on any atom is -0.490 e. The SMILES string of the molecule is CCCNC1CC(C2CCC(C)CC2)Oc2ccccc21. The quantitative estimate of drug-likeness (QED) is 0.866. The summed E-state index contributed by atoms with van der Waals surface area (Å²) >= 11 is 0. The molecule has 1 aromatic carbocycles. The summed E-state index contributed by atoms with van der Waals surface area (Å²) in [7, 11) is 0. The summed E-state index contributed by atoms with van der Waals surface area (Å²) in [5, 5.41) is 3.73. The van der Waals surface area contributed by atoms with Gasteiger partial charge in [-0.2, -0.15) is 0 Å². The second-order valence-electron chi connectivity index (χ2n) is 6.96. The fourth-order valence-electron chi connectivity index (χ4n) is 3.90. The Balaban J connectivity index is 1.73. The highest BCUT2D eigenvalue weighted by Gasteiger charge is 2.34. The highest BCUT2D eigenvalue weighted by atomic mass is 16.5. The lowest BCUT2D eigenvalue weighted by Gasteiger charge is -2.39. The van der Waals surface area contributed by atoms with Gasteiger partial charge >= 0.3 is 0 Å². The molecule has 2 heteroatoms. The highest BCUT2D eigenvalue weighted by molar-refractivity contribution is 5.38. The van der Waals surface area contributed by atoms with Crippen molar-refractivity contribution in [3.05, 3.63) is 29.8 Å². The molecule has 2 nitrogen and oxygen atoms in total. The Morgan fingerprint density at radius 3 is 2.67 bits per heavy atom. The third-order valence-corrected chi connectivity index (χ3v) is 5.27. The number of rotatable bonds is 4. The maximum atomic E-state index is 6.38. The van der Waals surface area contributed by atoms with Crippen LogP contribution in [0.5, 0.6) is 5.75 Å². The Hall–Kier alpha value is -1.02. The molecule has 2 unspecified atom stereocenters. The number of ether oxygens (including phenoxy) is 1. The van der Waals surface area contributed by atoms with Crippen molar-refractivity contribution in [2.75, 3.05) is 6.54 Å². The van der Waals surface area contributed by atoms with E-state index in [1.165, 1.54) is 37.7 Å². The molecule has 0 radical (unpaired) electrons. The molecule has 1 aliphatic heterocycles. The lowest BCUT2D eigenvalue weighted by atomic mass is 9.77. The van der Waals surface area contributed by atoms with Crippen LogP contribution in [0.3, 0.4) is 0 Å². The summed E-state index contributed by atoms with van der Waals surface area (Å²) in [6.45, 7) is 5.71. The van der Waals surface area contributed by atoms with Gasteiger partial charge in [-0.3, -0.25) is 0 Å². The zero-order chi connectivity index (χ0) is 14.7. The average Bonchev–Trinajstić information content (AvgIpc) is 2.53. The van der Waals surface area contributed by atoms with Gasteiger partial charge < -0.3 is 10.1 Å². The van der Waals surface area contributed by atoms with Crippen LogP contribution in [-0.2, 0) is 0 Å². The van der Waals surface area contributed by atoms with Crippen LogP contribution in [0.25, 0.3) is 0 Å². The lowest BCUT2D eigenvalue weighted by molar-refractivity contribution is 0.0652. The van der Waals surface area contributed by atoms with Crippen molar-refractivity contribution in [3.8, 4) is 5.75 Å². The highest BCUT2D eigenvalue weighted by Crippen LogP contribution is 2.41. The lowest BCUT2D eigenvalue weighted by Crippen LogP contribution is -2.38. The van der Waals surface area contributed by atoms with Crippen LogP contribution in [0, 0.1) is 11.8 Å². The van der Waals surface area contributed by atoms with Crippen molar-refractivity contribution in [2.24, 2.45) is 11.8 Å². The monoisotopic (exact) mass is 287 g/mol. The number of fused-ring (bicyclic) bond motifs is 1. The molecule has 0 amide bonds. The van der Waals surface area contributed by atoms with Crippen molar-refractivity contribution in [1.29, 1.82) is 0 Å². The molecule has 0 aromatic heterocycles. The molecule has 1 fully saturated rings. The van der Waals surface area contributed by atoms with Crippen LogP contribution in [0.1, 0.15) is 64.0 Å². The van der Waals surface area contributed by atoms with Gasteiger partial charge in [-0.1, -0.05) is 44.9 Å². The van der Waals surface area contributed by atoms with E-state index in [2.05, 4.69) is 43.4 Å². The van der Waals surface area contributed by atoms with Gasteiger partial charge in [0.05, 0.1) is 0 Å². The Kier molecular flexibility index (Phi) is 4.84. The van der Waals surface area contributed by atoms with Crippen molar-refractivity contribution in [2.45, 2.75) is 64.5 Å². The number of hydrogen-bond donors (Lipinski definition) is 1. The summed E-state index contributed by atoms with van der Waals surface area (Å²) in [6.07, 6.45) is 8.16. The summed E-state index contributed by atoms with van der Waals surface area (Å²) in [5.74, 6) is 2.77. The third kappa shape index (κ3) is 3.42. The number of nitrogens with one attached hydrogen (secondary N) is 1. The summed E-state index contributed by atoms with van der Waals surface area (Å²) in [4.78, 5) is 0. The number of benzene rings is 1. The normalized spacial score (nSPS) is 32.3. The van der Waals surface area contributed by atoms with Gasteiger partial charge in [0, 0.05) is 18.0 Å². The maximum Gasteiger partial charge on any atom is 0.124 e. The van der Waals surface area contributed by atoms with E-state index in [-0.39, 0.29) is 0 Å². The zero-order valence-electron chi connectivity index (χ0n) is 13.5. The molecule has 2 atom stereocenters. The van der Waals surface area contributed by atoms with Crippen LogP contribution in [0.15, 0.2) is 24.3 Å². The molecule has 0 saturated heterocycles. The molecule has 0 bridgehead atoms. The predicted molar refractivity (Wildman–Crippen MR) is 87.6 cm³/mol. The Labute approximate surface area is 129 Å². The van der Waals surface area contributed by atoms with Crippen LogP contribution in [-0.4, -0.2) is 12.6 Å². The van der Waals surface area contributed by atoms with Gasteiger partial charge in [-0.15, -0.1) is 0 Å². The standard InChI is InChI=1S/C19H29NO/c1-3-12-20-17-13-19(15-10-8-14(2)9-11-15)21-18-7-5-4-6-16(17)18/h4-7,14-15,17,19-20H,3,8-13H2,1-2H3. The molecule has 1 aromatic rings. The van der Waals surface area contributed by atoms with E-state index in [1.807, 2.05) is 0 Å². The van der Waals surface area contributed by atoms with Crippen molar-refractivity contribution < 1.29 is 4.74 Å². The first-order valence-corrected chi connectivity index (χ1v) is 8.77. The topological polar surface area (TPSA) is 21.3 Å². The largest absolute Gasteiger partial charge is 0.490 e. The van der Waals surface area contributed by atoms with E-state index >= 15 is 0 Å². The van der Waals surface area contributed by atoms with Gasteiger partial charge in [-0.25, -0.2) is 0 Å². The molecule has 0 spiro atoms. The summed E-state index contributed by atoms with van der Waals surface area (Å²) < 4.78 is 6.38. The summed E-state index contributed by atoms with van der Waals surface area (Å²) in [5.41, 5.74) is 1.35. The van der Waals surface area contributed by atoms with E-state index in [9.17, 15) is 0 Å². The van der Waals surface area contributed by atoms with E-state index in [1.54, 1.807) is 0 Å². The first-order chi connectivity index (χ1) is 10.3. The maximum absolute atomic E-state index is 6.38. The fourth-order valence-corrected chi connectivity index (χ4v) is 3.90. The molecule has 1 heterocycles. The molecule has 1 N–H and O–H groups in total. The molecule has 1 saturated carbocycles. The fraction of sp³-hybridized carbons (Fsp3) is 0.684. The molecule has 21 heavy (non-hydrogen) atoms. The van der Waals surface area contributed by atoms with Crippen molar-refractivity contribution in [1.82, 2.24) is 5.32 Å². The van der Waals surface area contributed by atoms with Crippen LogP contribution >= 0.6 is 0 Å². The van der Waals surface area contributed by atoms with Gasteiger partial charge in [0.15, 0.2) is 0 Å². The second-order valence-corrected chi connectivity index (χ2v) is 6.96. The Bertz CT molecular complexity index is 451. The van der Waals surface area contributed by atoms with Crippen molar-refractivity contribution >= 4 is 0 Å². The van der Waals surface area contributed by atoms with Crippen LogP contribution in [0.4, 0.5) is 0 Å². The van der Waals surface area contributed by atoms with Crippen LogP contribution < -0.4 is 10.1 Å². The minimum absolute atomic E-state index is 0.404. The number of hydrogen-bond acceptors (Lipinski definition) is 2. The minimum atomic E-state index is 0.404. The van der Waals surface area contributed by atoms with E-state index < -0.39 is 0 Å². The van der Waals surface area contributed by atoms with E-state index in [0.29, 0.717) is 12.1 Å². The van der Waals surface area contributed by atoms with Gasteiger partial charge in [0.1, 0.15) is 11.9 Å². The molecular formula is C19H29NO. The third-order valence-electron chi connectivity index (χ3n) is 5.27. The van der Waals surface area contributed by atoms with E-state index in [0.717, 1.165) is 30.6 Å². The molecule has 1 aliphatic carbocycles. The first kappa shape index (κ1) is 14.9. The van der Waals surface area contributed by atoms with Crippen LogP contribution in [0.2, 0.25) is 0 Å². The smallest absolute Gasteiger partial charge is 0.124 e. The Morgan fingerprint density at radius 1 is 1.14 bits per heavy atom. The van der Waals surface area contributed by atoms with Gasteiger partial charge in [0.2, 0.25) is 0 Å².